The maximum atomic E-state index is 13.3. The Hall–Kier alpha value is -2.91. The van der Waals surface area contributed by atoms with E-state index >= 15 is 0 Å². The number of aliphatic carboxylic acids is 1. The molecule has 0 radical (unpaired) electrons. The second-order valence-corrected chi connectivity index (χ2v) is 9.17. The lowest BCUT2D eigenvalue weighted by molar-refractivity contribution is -0.151. The molecular weight excluding hydrogens is 416 g/mol. The lowest BCUT2D eigenvalue weighted by Crippen LogP contribution is -2.54. The van der Waals surface area contributed by atoms with Crippen LogP contribution in [0.15, 0.2) is 12.4 Å². The largest absolute Gasteiger partial charge is 0.480 e. The predicted molar refractivity (Wildman–Crippen MR) is 118 cm³/mol. The van der Waals surface area contributed by atoms with Crippen LogP contribution in [0, 0.1) is 12.8 Å². The molecule has 0 bridgehead atoms. The molecule has 0 aliphatic rings. The van der Waals surface area contributed by atoms with E-state index < -0.39 is 35.7 Å². The van der Waals surface area contributed by atoms with Gasteiger partial charge in [-0.3, -0.25) is 14.7 Å². The molecule has 180 valence electrons. The molecule has 0 aliphatic carbocycles. The minimum Gasteiger partial charge on any atom is -0.480 e. The number of carboxylic acid groups (broad SMARTS) is 1. The van der Waals surface area contributed by atoms with Crippen molar-refractivity contribution in [2.24, 2.45) is 5.92 Å². The van der Waals surface area contributed by atoms with Gasteiger partial charge in [-0.05, 0) is 40.0 Å². The summed E-state index contributed by atoms with van der Waals surface area (Å²) in [6.07, 6.45) is 2.76. The maximum absolute atomic E-state index is 13.3. The van der Waals surface area contributed by atoms with E-state index in [0.717, 1.165) is 10.6 Å². The highest BCUT2D eigenvalue weighted by Gasteiger charge is 2.36. The summed E-state index contributed by atoms with van der Waals surface area (Å²) in [4.78, 5) is 48.2. The van der Waals surface area contributed by atoms with Gasteiger partial charge in [-0.15, -0.1) is 0 Å². The topological polar surface area (TPSA) is 122 Å². The molecule has 10 heteroatoms. The van der Waals surface area contributed by atoms with Crippen molar-refractivity contribution in [1.29, 1.82) is 0 Å². The van der Waals surface area contributed by atoms with Crippen molar-refractivity contribution in [1.82, 2.24) is 19.8 Å². The molecule has 1 rings (SSSR count). The molecule has 2 atom stereocenters. The minimum absolute atomic E-state index is 0.0308. The number of rotatable bonds is 10. The van der Waals surface area contributed by atoms with Crippen LogP contribution in [0.2, 0.25) is 0 Å². The fraction of sp³-hybridized carbons (Fsp3) is 0.682. The smallest absolute Gasteiger partial charge is 0.410 e. The monoisotopic (exact) mass is 452 g/mol. The van der Waals surface area contributed by atoms with Crippen LogP contribution in [0.25, 0.3) is 0 Å². The van der Waals surface area contributed by atoms with Crippen LogP contribution >= 0.6 is 0 Å². The standard InChI is InChI=1S/C22H36N4O6/c1-14(2)11-17(26(8)21(30)32-22(4,5)6)19(27)25(7)16(20(28)29)9-10-31-18-13-23-15(3)12-24-18/h12-14,16-17H,9-11H2,1-8H3,(H,28,29)/t16-,17+/m1/s1. The highest BCUT2D eigenvalue weighted by molar-refractivity contribution is 5.89. The third-order valence-corrected chi connectivity index (χ3v) is 4.63. The fourth-order valence-corrected chi connectivity index (χ4v) is 2.93. The zero-order valence-corrected chi connectivity index (χ0v) is 20.3. The number of nitrogens with zero attached hydrogens (tertiary/aromatic N) is 4. The van der Waals surface area contributed by atoms with Gasteiger partial charge in [0, 0.05) is 20.5 Å². The van der Waals surface area contributed by atoms with E-state index in [2.05, 4.69) is 9.97 Å². The SMILES string of the molecule is Cc1cnc(OCC[C@H](C(=O)O)N(C)C(=O)[C@H](CC(C)C)N(C)C(=O)OC(C)(C)C)cn1. The van der Waals surface area contributed by atoms with E-state index in [0.29, 0.717) is 6.42 Å². The highest BCUT2D eigenvalue weighted by Crippen LogP contribution is 2.19. The van der Waals surface area contributed by atoms with Crippen molar-refractivity contribution in [2.75, 3.05) is 20.7 Å². The lowest BCUT2D eigenvalue weighted by Gasteiger charge is -2.35. The van der Waals surface area contributed by atoms with Crippen LogP contribution in [0.5, 0.6) is 5.88 Å². The number of amides is 2. The molecule has 0 unspecified atom stereocenters. The molecule has 1 aromatic rings. The molecule has 0 aliphatic heterocycles. The zero-order valence-electron chi connectivity index (χ0n) is 20.3. The Morgan fingerprint density at radius 3 is 2.16 bits per heavy atom. The first-order valence-electron chi connectivity index (χ1n) is 10.6. The van der Waals surface area contributed by atoms with E-state index in [9.17, 15) is 19.5 Å². The molecule has 1 aromatic heterocycles. The van der Waals surface area contributed by atoms with Crippen molar-refractivity contribution < 1.29 is 29.0 Å². The maximum Gasteiger partial charge on any atom is 0.410 e. The Labute approximate surface area is 189 Å². The Morgan fingerprint density at radius 2 is 1.69 bits per heavy atom. The molecule has 1 N–H and O–H groups in total. The third-order valence-electron chi connectivity index (χ3n) is 4.63. The molecule has 0 saturated heterocycles. The molecule has 0 aromatic carbocycles. The van der Waals surface area contributed by atoms with Gasteiger partial charge >= 0.3 is 12.1 Å². The van der Waals surface area contributed by atoms with Crippen LogP contribution in [0.1, 0.15) is 53.2 Å². The number of aromatic nitrogens is 2. The van der Waals surface area contributed by atoms with Gasteiger partial charge in [-0.2, -0.15) is 0 Å². The second kappa shape index (κ2) is 11.6. The highest BCUT2D eigenvalue weighted by atomic mass is 16.6. The van der Waals surface area contributed by atoms with Crippen LogP contribution in [-0.2, 0) is 14.3 Å². The van der Waals surface area contributed by atoms with Crippen LogP contribution < -0.4 is 4.74 Å². The van der Waals surface area contributed by atoms with Crippen molar-refractivity contribution in [2.45, 2.75) is 72.1 Å². The number of likely N-dealkylation sites (N-methyl/N-ethyl adjacent to an activating group) is 2. The average Bonchev–Trinajstić information content (AvgIpc) is 2.67. The fourth-order valence-electron chi connectivity index (χ4n) is 2.93. The predicted octanol–water partition coefficient (Wildman–Crippen LogP) is 2.75. The number of hydrogen-bond acceptors (Lipinski definition) is 7. The van der Waals surface area contributed by atoms with Gasteiger partial charge in [0.1, 0.15) is 17.7 Å². The second-order valence-electron chi connectivity index (χ2n) is 9.17. The van der Waals surface area contributed by atoms with Crippen molar-refractivity contribution in [3.8, 4) is 5.88 Å². The molecule has 0 fully saturated rings. The van der Waals surface area contributed by atoms with Crippen LogP contribution in [0.3, 0.4) is 0 Å². The van der Waals surface area contributed by atoms with Crippen molar-refractivity contribution in [3.05, 3.63) is 18.1 Å². The molecule has 0 spiro atoms. The average molecular weight is 453 g/mol. The summed E-state index contributed by atoms with van der Waals surface area (Å²) >= 11 is 0. The Bertz CT molecular complexity index is 776. The summed E-state index contributed by atoms with van der Waals surface area (Å²) in [7, 11) is 2.91. The summed E-state index contributed by atoms with van der Waals surface area (Å²) in [5.41, 5.74) is 0.0130. The number of hydrogen-bond donors (Lipinski definition) is 1. The molecule has 1 heterocycles. The first-order chi connectivity index (χ1) is 14.7. The molecule has 2 amide bonds. The van der Waals surface area contributed by atoms with E-state index in [1.807, 2.05) is 13.8 Å². The van der Waals surface area contributed by atoms with Gasteiger partial charge in [0.15, 0.2) is 0 Å². The number of aryl methyl sites for hydroxylation is 1. The summed E-state index contributed by atoms with van der Waals surface area (Å²) in [5, 5.41) is 9.71. The first-order valence-corrected chi connectivity index (χ1v) is 10.6. The normalized spacial score (nSPS) is 13.3. The summed E-state index contributed by atoms with van der Waals surface area (Å²) in [6.45, 7) is 10.9. The quantitative estimate of drug-likeness (QED) is 0.575. The molecule has 32 heavy (non-hydrogen) atoms. The van der Waals surface area contributed by atoms with Crippen LogP contribution in [-0.4, -0.2) is 81.2 Å². The summed E-state index contributed by atoms with van der Waals surface area (Å²) in [5.74, 6) is -1.28. The summed E-state index contributed by atoms with van der Waals surface area (Å²) < 4.78 is 10.9. The van der Waals surface area contributed by atoms with Gasteiger partial charge in [0.2, 0.25) is 11.8 Å². The van der Waals surface area contributed by atoms with Gasteiger partial charge in [0.05, 0.1) is 24.7 Å². The van der Waals surface area contributed by atoms with Crippen molar-refractivity contribution >= 4 is 18.0 Å². The minimum atomic E-state index is -1.16. The Kier molecular flexibility index (Phi) is 9.86. The van der Waals surface area contributed by atoms with E-state index in [-0.39, 0.29) is 24.8 Å². The van der Waals surface area contributed by atoms with E-state index in [1.165, 1.54) is 25.2 Å². The van der Waals surface area contributed by atoms with Gasteiger partial charge in [-0.1, -0.05) is 13.8 Å². The Morgan fingerprint density at radius 1 is 1.06 bits per heavy atom. The number of carbonyl (C=O) groups excluding carboxylic acids is 2. The number of carboxylic acids is 1. The molecule has 0 saturated carbocycles. The van der Waals surface area contributed by atoms with Gasteiger partial charge in [0.25, 0.3) is 0 Å². The molecular formula is C22H36N4O6. The third kappa shape index (κ3) is 8.68. The summed E-state index contributed by atoms with van der Waals surface area (Å²) in [6, 6.07) is -2.00. The first kappa shape index (κ1) is 27.1. The number of ether oxygens (including phenoxy) is 2. The number of carbonyl (C=O) groups is 3. The van der Waals surface area contributed by atoms with Crippen LogP contribution in [0.4, 0.5) is 4.79 Å². The van der Waals surface area contributed by atoms with E-state index in [4.69, 9.17) is 9.47 Å². The van der Waals surface area contributed by atoms with Crippen molar-refractivity contribution in [3.63, 3.8) is 0 Å². The van der Waals surface area contributed by atoms with Gasteiger partial charge < -0.3 is 19.5 Å². The van der Waals surface area contributed by atoms with Gasteiger partial charge in [-0.25, -0.2) is 14.6 Å². The molecule has 10 nitrogen and oxygen atoms in total. The Balaban J connectivity index is 2.92. The van der Waals surface area contributed by atoms with E-state index in [1.54, 1.807) is 33.9 Å². The lowest BCUT2D eigenvalue weighted by atomic mass is 10.0. The zero-order chi connectivity index (χ0) is 24.6.